The second-order valence-electron chi connectivity index (χ2n) is 8.21. The molecule has 1 amide bonds. The molecule has 1 aliphatic carbocycles. The van der Waals surface area contributed by atoms with Crippen LogP contribution in [0.2, 0.25) is 0 Å². The van der Waals surface area contributed by atoms with Crippen LogP contribution in [-0.4, -0.2) is 24.8 Å². The minimum atomic E-state index is -0.134. The normalized spacial score (nSPS) is 17.4. The molecule has 1 saturated carbocycles. The quantitative estimate of drug-likeness (QED) is 0.777. The maximum atomic E-state index is 11.8. The lowest BCUT2D eigenvalue weighted by Crippen LogP contribution is -2.46. The fourth-order valence-corrected chi connectivity index (χ4v) is 3.49. The first-order valence-corrected chi connectivity index (χ1v) is 9.35. The van der Waals surface area contributed by atoms with E-state index < -0.39 is 0 Å². The van der Waals surface area contributed by atoms with Crippen molar-refractivity contribution in [2.75, 3.05) is 13.1 Å². The van der Waals surface area contributed by atoms with Gasteiger partial charge in [-0.1, -0.05) is 45.0 Å². The van der Waals surface area contributed by atoms with Gasteiger partial charge in [-0.3, -0.25) is 9.59 Å². The van der Waals surface area contributed by atoms with Gasteiger partial charge in [0.25, 0.3) is 0 Å². The molecule has 0 aromatic heterocycles. The Bertz CT molecular complexity index is 607. The van der Waals surface area contributed by atoms with Crippen LogP contribution in [0.1, 0.15) is 70.9 Å². The third-order valence-electron chi connectivity index (χ3n) is 5.13. The van der Waals surface area contributed by atoms with E-state index >= 15 is 0 Å². The van der Waals surface area contributed by atoms with Gasteiger partial charge in [-0.05, 0) is 42.3 Å². The molecular formula is C21H32N2O2. The number of ketones is 1. The molecule has 0 radical (unpaired) electrons. The van der Waals surface area contributed by atoms with Gasteiger partial charge in [-0.25, -0.2) is 0 Å². The number of Topliss-reactive ketones (excluding diaryl/α,β-unsaturated/α-hetero) is 1. The highest BCUT2D eigenvalue weighted by Gasteiger charge is 2.36. The molecule has 138 valence electrons. The molecule has 0 atom stereocenters. The molecule has 1 aromatic carbocycles. The van der Waals surface area contributed by atoms with Crippen LogP contribution in [0.25, 0.3) is 0 Å². The Kier molecular flexibility index (Phi) is 6.39. The van der Waals surface area contributed by atoms with E-state index in [2.05, 4.69) is 55.7 Å². The zero-order chi connectivity index (χ0) is 18.5. The Hall–Kier alpha value is -1.68. The maximum absolute atomic E-state index is 11.8. The van der Waals surface area contributed by atoms with Gasteiger partial charge in [-0.15, -0.1) is 0 Å². The largest absolute Gasteiger partial charge is 0.356 e. The van der Waals surface area contributed by atoms with Crippen LogP contribution in [0.15, 0.2) is 24.3 Å². The zero-order valence-corrected chi connectivity index (χ0v) is 16.1. The molecule has 0 saturated heterocycles. The monoisotopic (exact) mass is 344 g/mol. The van der Waals surface area contributed by atoms with E-state index in [1.165, 1.54) is 11.1 Å². The Morgan fingerprint density at radius 2 is 1.84 bits per heavy atom. The van der Waals surface area contributed by atoms with E-state index in [0.717, 1.165) is 25.8 Å². The van der Waals surface area contributed by atoms with Crippen molar-refractivity contribution in [2.45, 2.75) is 70.8 Å². The fraction of sp³-hybridized carbons (Fsp3) is 0.619. The van der Waals surface area contributed by atoms with E-state index in [0.29, 0.717) is 25.2 Å². The Balaban J connectivity index is 2.15. The number of carbonyl (C=O) groups excluding carboxylic acids is 2. The summed E-state index contributed by atoms with van der Waals surface area (Å²) in [6.45, 7) is 9.73. The minimum absolute atomic E-state index is 0.0101. The van der Waals surface area contributed by atoms with Crippen molar-refractivity contribution < 1.29 is 9.59 Å². The number of nitrogens with one attached hydrogen (secondary N) is 2. The molecule has 0 heterocycles. The predicted octanol–water partition coefficient (Wildman–Crippen LogP) is 3.44. The number of rotatable bonds is 6. The summed E-state index contributed by atoms with van der Waals surface area (Å²) in [5, 5.41) is 6.56. The molecule has 1 fully saturated rings. The van der Waals surface area contributed by atoms with E-state index in [4.69, 9.17) is 0 Å². The van der Waals surface area contributed by atoms with Gasteiger partial charge in [-0.2, -0.15) is 0 Å². The summed E-state index contributed by atoms with van der Waals surface area (Å²) < 4.78 is 0. The molecule has 1 aromatic rings. The van der Waals surface area contributed by atoms with E-state index in [1.807, 2.05) is 0 Å². The van der Waals surface area contributed by atoms with Crippen LogP contribution in [-0.2, 0) is 20.5 Å². The van der Waals surface area contributed by atoms with Gasteiger partial charge in [0.15, 0.2) is 0 Å². The summed E-state index contributed by atoms with van der Waals surface area (Å²) >= 11 is 0. The fourth-order valence-electron chi connectivity index (χ4n) is 3.49. The Labute approximate surface area is 151 Å². The average Bonchev–Trinajstić information content (AvgIpc) is 2.55. The number of benzene rings is 1. The van der Waals surface area contributed by atoms with Crippen LogP contribution < -0.4 is 10.6 Å². The van der Waals surface area contributed by atoms with Gasteiger partial charge < -0.3 is 10.6 Å². The summed E-state index contributed by atoms with van der Waals surface area (Å²) in [6, 6.07) is 8.80. The van der Waals surface area contributed by atoms with Crippen LogP contribution in [0.4, 0.5) is 0 Å². The summed E-state index contributed by atoms with van der Waals surface area (Å²) in [4.78, 5) is 22.8. The highest BCUT2D eigenvalue weighted by atomic mass is 16.1. The standard InChI is InChI=1S/C21H32N2O2/c1-16(24)22-13-6-14-23-21(11-9-19(25)10-12-21)18-8-5-7-17(15-18)20(2,3)4/h5,7-8,15,23H,6,9-14H2,1-4H3,(H,22,24). The van der Waals surface area contributed by atoms with Crippen molar-refractivity contribution in [3.63, 3.8) is 0 Å². The SMILES string of the molecule is CC(=O)NCCCNC1(c2cccc(C(C)(C)C)c2)CCC(=O)CC1. The molecule has 2 N–H and O–H groups in total. The maximum Gasteiger partial charge on any atom is 0.216 e. The van der Waals surface area contributed by atoms with Crippen molar-refractivity contribution in [3.8, 4) is 0 Å². The number of amides is 1. The lowest BCUT2D eigenvalue weighted by atomic mass is 9.74. The van der Waals surface area contributed by atoms with Crippen molar-refractivity contribution in [2.24, 2.45) is 0 Å². The molecule has 0 unspecified atom stereocenters. The van der Waals surface area contributed by atoms with Crippen molar-refractivity contribution in [3.05, 3.63) is 35.4 Å². The second kappa shape index (κ2) is 8.13. The van der Waals surface area contributed by atoms with E-state index in [1.54, 1.807) is 6.92 Å². The molecule has 0 spiro atoms. The lowest BCUT2D eigenvalue weighted by molar-refractivity contribution is -0.122. The van der Waals surface area contributed by atoms with E-state index in [9.17, 15) is 9.59 Å². The Morgan fingerprint density at radius 1 is 1.16 bits per heavy atom. The van der Waals surface area contributed by atoms with Crippen molar-refractivity contribution >= 4 is 11.7 Å². The highest BCUT2D eigenvalue weighted by molar-refractivity contribution is 5.79. The molecule has 0 aliphatic heterocycles. The van der Waals surface area contributed by atoms with Crippen molar-refractivity contribution in [1.82, 2.24) is 10.6 Å². The van der Waals surface area contributed by atoms with Crippen molar-refractivity contribution in [1.29, 1.82) is 0 Å². The van der Waals surface area contributed by atoms with Gasteiger partial charge >= 0.3 is 0 Å². The Morgan fingerprint density at radius 3 is 2.44 bits per heavy atom. The van der Waals surface area contributed by atoms with Crippen LogP contribution in [0, 0.1) is 0 Å². The summed E-state index contributed by atoms with van der Waals surface area (Å²) in [7, 11) is 0. The molecule has 1 aliphatic rings. The first-order chi connectivity index (χ1) is 11.7. The van der Waals surface area contributed by atoms with Crippen LogP contribution in [0.5, 0.6) is 0 Å². The molecular weight excluding hydrogens is 312 g/mol. The second-order valence-corrected chi connectivity index (χ2v) is 8.21. The third-order valence-corrected chi connectivity index (χ3v) is 5.13. The third kappa shape index (κ3) is 5.40. The topological polar surface area (TPSA) is 58.2 Å². The number of hydrogen-bond acceptors (Lipinski definition) is 3. The molecule has 0 bridgehead atoms. The molecule has 4 nitrogen and oxygen atoms in total. The number of carbonyl (C=O) groups is 2. The molecule has 4 heteroatoms. The average molecular weight is 344 g/mol. The summed E-state index contributed by atoms with van der Waals surface area (Å²) in [5.74, 6) is 0.374. The molecule has 2 rings (SSSR count). The number of hydrogen-bond donors (Lipinski definition) is 2. The van der Waals surface area contributed by atoms with Crippen LogP contribution >= 0.6 is 0 Å². The first kappa shape index (κ1) is 19.6. The van der Waals surface area contributed by atoms with Gasteiger partial charge in [0.1, 0.15) is 5.78 Å². The lowest BCUT2D eigenvalue weighted by Gasteiger charge is -2.39. The summed E-state index contributed by atoms with van der Waals surface area (Å²) in [6.07, 6.45) is 3.85. The predicted molar refractivity (Wildman–Crippen MR) is 102 cm³/mol. The highest BCUT2D eigenvalue weighted by Crippen LogP contribution is 2.37. The van der Waals surface area contributed by atoms with Gasteiger partial charge in [0.05, 0.1) is 0 Å². The molecule has 25 heavy (non-hydrogen) atoms. The smallest absolute Gasteiger partial charge is 0.216 e. The zero-order valence-electron chi connectivity index (χ0n) is 16.1. The first-order valence-electron chi connectivity index (χ1n) is 9.35. The minimum Gasteiger partial charge on any atom is -0.356 e. The summed E-state index contributed by atoms with van der Waals surface area (Å²) in [5.41, 5.74) is 2.58. The van der Waals surface area contributed by atoms with Gasteiger partial charge in [0.2, 0.25) is 5.91 Å². The van der Waals surface area contributed by atoms with E-state index in [-0.39, 0.29) is 16.9 Å². The van der Waals surface area contributed by atoms with Crippen LogP contribution in [0.3, 0.4) is 0 Å². The van der Waals surface area contributed by atoms with Gasteiger partial charge in [0, 0.05) is 31.8 Å².